The highest BCUT2D eigenvalue weighted by Gasteiger charge is 2.17. The van der Waals surface area contributed by atoms with Crippen molar-refractivity contribution in [3.05, 3.63) is 56.3 Å². The Morgan fingerprint density at radius 1 is 1.14 bits per heavy atom. The number of carboxylic acid groups (broad SMARTS) is 1. The standard InChI is InChI=1S/C19H18Cl3FN2O4/c1-2-3-24-15-7-12(20)4-11(17(15)23)9-29-18-13(21)5-10(6-14(18)22)19(28)25-8-16(26)27/h4-7,24H,2-3,8-9H2,1H3,(H,25,28)(H,26,27). The molecule has 0 bridgehead atoms. The van der Waals surface area contributed by atoms with Crippen molar-refractivity contribution in [3.8, 4) is 5.75 Å². The summed E-state index contributed by atoms with van der Waals surface area (Å²) >= 11 is 18.3. The molecule has 0 heterocycles. The molecule has 0 spiro atoms. The lowest BCUT2D eigenvalue weighted by atomic mass is 10.1. The number of hydrogen-bond acceptors (Lipinski definition) is 4. The molecular weight excluding hydrogens is 446 g/mol. The van der Waals surface area contributed by atoms with Gasteiger partial charge in [-0.05, 0) is 30.7 Å². The maximum absolute atomic E-state index is 14.6. The van der Waals surface area contributed by atoms with Crippen LogP contribution in [0.5, 0.6) is 5.75 Å². The van der Waals surface area contributed by atoms with E-state index in [1.807, 2.05) is 6.92 Å². The summed E-state index contributed by atoms with van der Waals surface area (Å²) in [5.41, 5.74) is 0.528. The van der Waals surface area contributed by atoms with Crippen LogP contribution in [0, 0.1) is 5.82 Å². The van der Waals surface area contributed by atoms with Gasteiger partial charge in [0.2, 0.25) is 0 Å². The normalized spacial score (nSPS) is 10.5. The van der Waals surface area contributed by atoms with E-state index in [1.54, 1.807) is 0 Å². The Bertz CT molecular complexity index is 902. The molecule has 2 aromatic carbocycles. The average molecular weight is 464 g/mol. The van der Waals surface area contributed by atoms with Crippen molar-refractivity contribution in [2.75, 3.05) is 18.4 Å². The third kappa shape index (κ3) is 6.39. The van der Waals surface area contributed by atoms with Crippen LogP contribution in [0.25, 0.3) is 0 Å². The van der Waals surface area contributed by atoms with E-state index in [2.05, 4.69) is 10.6 Å². The fourth-order valence-corrected chi connectivity index (χ4v) is 3.21. The number of hydrogen-bond donors (Lipinski definition) is 3. The summed E-state index contributed by atoms with van der Waals surface area (Å²) in [6, 6.07) is 5.48. The first-order valence-corrected chi connectivity index (χ1v) is 9.70. The Kier molecular flexibility index (Phi) is 8.37. The molecule has 0 saturated carbocycles. The highest BCUT2D eigenvalue weighted by atomic mass is 35.5. The largest absolute Gasteiger partial charge is 0.486 e. The van der Waals surface area contributed by atoms with Crippen LogP contribution in [0.15, 0.2) is 24.3 Å². The molecule has 0 saturated heterocycles. The number of carbonyl (C=O) groups excluding carboxylic acids is 1. The zero-order chi connectivity index (χ0) is 21.6. The number of nitrogens with one attached hydrogen (secondary N) is 2. The van der Waals surface area contributed by atoms with E-state index in [1.165, 1.54) is 24.3 Å². The highest BCUT2D eigenvalue weighted by molar-refractivity contribution is 6.37. The molecule has 0 aliphatic carbocycles. The lowest BCUT2D eigenvalue weighted by Crippen LogP contribution is -2.29. The topological polar surface area (TPSA) is 87.7 Å². The number of benzene rings is 2. The van der Waals surface area contributed by atoms with Crippen LogP contribution in [0.4, 0.5) is 10.1 Å². The summed E-state index contributed by atoms with van der Waals surface area (Å²) in [5.74, 6) is -2.28. The minimum absolute atomic E-state index is 0.0183. The smallest absolute Gasteiger partial charge is 0.322 e. The summed E-state index contributed by atoms with van der Waals surface area (Å²) < 4.78 is 20.2. The van der Waals surface area contributed by atoms with E-state index < -0.39 is 24.2 Å². The third-order valence-corrected chi connectivity index (χ3v) is 4.49. The first-order chi connectivity index (χ1) is 13.7. The molecule has 0 atom stereocenters. The number of rotatable bonds is 9. The molecule has 156 valence electrons. The first-order valence-electron chi connectivity index (χ1n) is 8.56. The fraction of sp³-hybridized carbons (Fsp3) is 0.263. The van der Waals surface area contributed by atoms with Gasteiger partial charge in [0, 0.05) is 22.7 Å². The van der Waals surface area contributed by atoms with Crippen LogP contribution in [0.1, 0.15) is 29.3 Å². The van der Waals surface area contributed by atoms with Crippen LogP contribution < -0.4 is 15.4 Å². The molecular formula is C19H18Cl3FN2O4. The zero-order valence-corrected chi connectivity index (χ0v) is 17.6. The maximum atomic E-state index is 14.6. The second-order valence-electron chi connectivity index (χ2n) is 5.99. The van der Waals surface area contributed by atoms with Crippen molar-refractivity contribution >= 4 is 52.4 Å². The molecule has 0 radical (unpaired) electrons. The quantitative estimate of drug-likeness (QED) is 0.487. The van der Waals surface area contributed by atoms with Gasteiger partial charge in [0.15, 0.2) is 11.6 Å². The van der Waals surface area contributed by atoms with Crippen LogP contribution in [0.3, 0.4) is 0 Å². The Labute approximate surface area is 181 Å². The lowest BCUT2D eigenvalue weighted by molar-refractivity contribution is -0.135. The first kappa shape index (κ1) is 23.1. The fourth-order valence-electron chi connectivity index (χ4n) is 2.38. The highest BCUT2D eigenvalue weighted by Crippen LogP contribution is 2.35. The van der Waals surface area contributed by atoms with Gasteiger partial charge in [-0.1, -0.05) is 41.7 Å². The van der Waals surface area contributed by atoms with Gasteiger partial charge in [0.05, 0.1) is 15.7 Å². The van der Waals surface area contributed by atoms with E-state index in [-0.39, 0.29) is 39.2 Å². The van der Waals surface area contributed by atoms with Gasteiger partial charge in [-0.25, -0.2) is 4.39 Å². The van der Waals surface area contributed by atoms with Crippen molar-refractivity contribution in [1.29, 1.82) is 0 Å². The summed E-state index contributed by atoms with van der Waals surface area (Å²) in [7, 11) is 0. The van der Waals surface area contributed by atoms with Crippen molar-refractivity contribution in [2.24, 2.45) is 0 Å². The third-order valence-electron chi connectivity index (χ3n) is 3.71. The number of amides is 1. The predicted molar refractivity (Wildman–Crippen MR) is 111 cm³/mol. The van der Waals surface area contributed by atoms with Gasteiger partial charge in [0.1, 0.15) is 13.2 Å². The number of carboxylic acids is 1. The summed E-state index contributed by atoms with van der Waals surface area (Å²) in [6.45, 7) is 1.79. The molecule has 2 rings (SSSR count). The molecule has 0 unspecified atom stereocenters. The number of anilines is 1. The Morgan fingerprint density at radius 2 is 1.79 bits per heavy atom. The Balaban J connectivity index is 2.18. The van der Waals surface area contributed by atoms with E-state index in [0.29, 0.717) is 11.6 Å². The van der Waals surface area contributed by atoms with E-state index in [4.69, 9.17) is 44.6 Å². The molecule has 3 N–H and O–H groups in total. The molecule has 29 heavy (non-hydrogen) atoms. The van der Waals surface area contributed by atoms with Crippen molar-refractivity contribution < 1.29 is 23.8 Å². The summed E-state index contributed by atoms with van der Waals surface area (Å²) in [6.07, 6.45) is 0.815. The molecule has 0 aromatic heterocycles. The number of halogens is 4. The summed E-state index contributed by atoms with van der Waals surface area (Å²) in [5, 5.41) is 14.1. The lowest BCUT2D eigenvalue weighted by Gasteiger charge is -2.14. The van der Waals surface area contributed by atoms with Gasteiger partial charge in [-0.2, -0.15) is 0 Å². The van der Waals surface area contributed by atoms with E-state index in [0.717, 1.165) is 6.42 Å². The van der Waals surface area contributed by atoms with Crippen LogP contribution in [-0.2, 0) is 11.4 Å². The molecule has 2 aromatic rings. The Hall–Kier alpha value is -2.22. The van der Waals surface area contributed by atoms with Gasteiger partial charge >= 0.3 is 5.97 Å². The molecule has 0 aliphatic rings. The molecule has 0 fully saturated rings. The number of aliphatic carboxylic acids is 1. The van der Waals surface area contributed by atoms with Gasteiger partial charge in [-0.3, -0.25) is 9.59 Å². The molecule has 0 aliphatic heterocycles. The van der Waals surface area contributed by atoms with Crippen molar-refractivity contribution in [3.63, 3.8) is 0 Å². The monoisotopic (exact) mass is 462 g/mol. The van der Waals surface area contributed by atoms with E-state index in [9.17, 15) is 14.0 Å². The van der Waals surface area contributed by atoms with Crippen LogP contribution >= 0.6 is 34.8 Å². The SMILES string of the molecule is CCCNc1cc(Cl)cc(COc2c(Cl)cc(C(=O)NCC(=O)O)cc2Cl)c1F. The second-order valence-corrected chi connectivity index (χ2v) is 7.24. The summed E-state index contributed by atoms with van der Waals surface area (Å²) in [4.78, 5) is 22.5. The van der Waals surface area contributed by atoms with E-state index >= 15 is 0 Å². The van der Waals surface area contributed by atoms with Crippen molar-refractivity contribution in [2.45, 2.75) is 20.0 Å². The maximum Gasteiger partial charge on any atom is 0.322 e. The molecule has 6 nitrogen and oxygen atoms in total. The van der Waals surface area contributed by atoms with Crippen LogP contribution in [-0.4, -0.2) is 30.1 Å². The number of ether oxygens (including phenoxy) is 1. The average Bonchev–Trinajstić information content (AvgIpc) is 2.66. The zero-order valence-electron chi connectivity index (χ0n) is 15.3. The number of carbonyl (C=O) groups is 2. The van der Waals surface area contributed by atoms with Crippen LogP contribution in [0.2, 0.25) is 15.1 Å². The molecule has 1 amide bonds. The second kappa shape index (κ2) is 10.5. The predicted octanol–water partition coefficient (Wildman–Crippen LogP) is 5.00. The van der Waals surface area contributed by atoms with Crippen molar-refractivity contribution in [1.82, 2.24) is 5.32 Å². The van der Waals surface area contributed by atoms with Gasteiger partial charge in [-0.15, -0.1) is 0 Å². The molecule has 10 heteroatoms. The Morgan fingerprint density at radius 3 is 2.38 bits per heavy atom. The van der Waals surface area contributed by atoms with Gasteiger partial charge < -0.3 is 20.5 Å². The minimum atomic E-state index is -1.19. The van der Waals surface area contributed by atoms with Gasteiger partial charge in [0.25, 0.3) is 5.91 Å². The minimum Gasteiger partial charge on any atom is -0.486 e.